The van der Waals surface area contributed by atoms with Crippen LogP contribution in [-0.4, -0.2) is 66.0 Å². The minimum Gasteiger partial charge on any atom is -0.361 e. The zero-order valence-corrected chi connectivity index (χ0v) is 19.0. The number of piperazine rings is 1. The van der Waals surface area contributed by atoms with Crippen LogP contribution in [0.2, 0.25) is 5.02 Å². The first-order chi connectivity index (χ1) is 15.1. The van der Waals surface area contributed by atoms with E-state index in [2.05, 4.69) is 52.6 Å². The maximum absolute atomic E-state index is 13.0. The number of likely N-dealkylation sites (N-methyl/N-ethyl adjacent to an activating group) is 1. The predicted molar refractivity (Wildman–Crippen MR) is 128 cm³/mol. The highest BCUT2D eigenvalue weighted by Gasteiger charge is 2.26. The largest absolute Gasteiger partial charge is 0.361 e. The van der Waals surface area contributed by atoms with Crippen molar-refractivity contribution in [3.63, 3.8) is 0 Å². The first-order valence-electron chi connectivity index (χ1n) is 11.1. The van der Waals surface area contributed by atoms with E-state index in [1.165, 1.54) is 10.9 Å². The van der Waals surface area contributed by atoms with Crippen LogP contribution < -0.4 is 5.32 Å². The molecule has 2 N–H and O–H groups in total. The number of rotatable bonds is 7. The fourth-order valence-corrected chi connectivity index (χ4v) is 4.74. The lowest BCUT2D eigenvalue weighted by Gasteiger charge is -2.35. The van der Waals surface area contributed by atoms with Gasteiger partial charge in [-0.05, 0) is 36.7 Å². The van der Waals surface area contributed by atoms with Crippen molar-refractivity contribution in [3.05, 3.63) is 70.9 Å². The maximum Gasteiger partial charge on any atom is 0.239 e. The van der Waals surface area contributed by atoms with Crippen molar-refractivity contribution in [1.82, 2.24) is 20.1 Å². The smallest absolute Gasteiger partial charge is 0.239 e. The molecule has 164 valence electrons. The molecule has 5 nitrogen and oxygen atoms in total. The van der Waals surface area contributed by atoms with Gasteiger partial charge < -0.3 is 20.1 Å². The first kappa shape index (κ1) is 21.9. The highest BCUT2D eigenvalue weighted by molar-refractivity contribution is 6.31. The molecule has 0 unspecified atom stereocenters. The van der Waals surface area contributed by atoms with Crippen LogP contribution in [0.4, 0.5) is 0 Å². The van der Waals surface area contributed by atoms with Crippen LogP contribution >= 0.6 is 11.6 Å². The predicted octanol–water partition coefficient (Wildman–Crippen LogP) is 4.10. The summed E-state index contributed by atoms with van der Waals surface area (Å²) in [5.41, 5.74) is 3.36. The summed E-state index contributed by atoms with van der Waals surface area (Å²) < 4.78 is 0. The van der Waals surface area contributed by atoms with E-state index in [0.29, 0.717) is 6.54 Å². The number of amides is 1. The molecule has 1 aliphatic heterocycles. The number of benzene rings is 2. The van der Waals surface area contributed by atoms with Crippen molar-refractivity contribution in [3.8, 4) is 0 Å². The van der Waals surface area contributed by atoms with Gasteiger partial charge in [-0.25, -0.2) is 0 Å². The quantitative estimate of drug-likeness (QED) is 0.584. The molecule has 0 bridgehead atoms. The van der Waals surface area contributed by atoms with Gasteiger partial charge in [-0.15, -0.1) is 0 Å². The molecule has 4 rings (SSSR count). The molecule has 0 radical (unpaired) electrons. The van der Waals surface area contributed by atoms with E-state index in [0.717, 1.165) is 48.8 Å². The summed E-state index contributed by atoms with van der Waals surface area (Å²) in [4.78, 5) is 20.8. The van der Waals surface area contributed by atoms with Gasteiger partial charge in [0, 0.05) is 60.8 Å². The molecule has 2 heterocycles. The molecule has 6 heteroatoms. The molecule has 1 amide bonds. The number of hydrogen-bond acceptors (Lipinski definition) is 3. The van der Waals surface area contributed by atoms with E-state index in [-0.39, 0.29) is 17.9 Å². The minimum atomic E-state index is -0.247. The number of aromatic amines is 1. The van der Waals surface area contributed by atoms with Crippen LogP contribution in [0.3, 0.4) is 0 Å². The Morgan fingerprint density at radius 3 is 2.52 bits per heavy atom. The third-order valence-electron chi connectivity index (χ3n) is 6.41. The fraction of sp³-hybridized carbons (Fsp3) is 0.400. The van der Waals surface area contributed by atoms with E-state index in [1.807, 2.05) is 36.1 Å². The van der Waals surface area contributed by atoms with Gasteiger partial charge in [0.2, 0.25) is 5.91 Å². The highest BCUT2D eigenvalue weighted by Crippen LogP contribution is 2.34. The number of para-hydroxylation sites is 1. The maximum atomic E-state index is 13.0. The van der Waals surface area contributed by atoms with E-state index in [9.17, 15) is 4.79 Å². The average molecular weight is 439 g/mol. The number of hydrogen-bond donors (Lipinski definition) is 2. The number of carbonyl (C=O) groups excluding carboxylic acids is 1. The second-order valence-electron chi connectivity index (χ2n) is 8.25. The van der Waals surface area contributed by atoms with Crippen molar-refractivity contribution in [2.45, 2.75) is 25.8 Å². The molecule has 1 aliphatic rings. The Morgan fingerprint density at radius 2 is 1.77 bits per heavy atom. The zero-order chi connectivity index (χ0) is 21.8. The summed E-state index contributed by atoms with van der Waals surface area (Å²) in [6.45, 7) is 9.31. The SMILES string of the molecule is CCN1CCN(C(=O)[C@@H](C)NC[C@H](c2ccccc2Cl)c2c[nH]c3ccccc23)CC1. The normalized spacial score (nSPS) is 17.1. The number of carbonyl (C=O) groups is 1. The van der Waals surface area contributed by atoms with E-state index in [1.54, 1.807) is 0 Å². The first-order valence-corrected chi connectivity index (χ1v) is 11.5. The Balaban J connectivity index is 1.52. The zero-order valence-electron chi connectivity index (χ0n) is 18.3. The van der Waals surface area contributed by atoms with E-state index in [4.69, 9.17) is 11.6 Å². The Kier molecular flexibility index (Phi) is 6.96. The van der Waals surface area contributed by atoms with Crippen LogP contribution in [0.5, 0.6) is 0 Å². The van der Waals surface area contributed by atoms with Crippen LogP contribution in [0.25, 0.3) is 10.9 Å². The lowest BCUT2D eigenvalue weighted by Crippen LogP contribution is -2.53. The average Bonchev–Trinajstić information content (AvgIpc) is 3.24. The van der Waals surface area contributed by atoms with Crippen molar-refractivity contribution in [2.24, 2.45) is 0 Å². The number of nitrogens with one attached hydrogen (secondary N) is 2. The standard InChI is InChI=1S/C25H31ClN4O/c1-3-29-12-14-30(15-13-29)25(31)18(2)27-16-21(19-8-4-6-10-23(19)26)22-17-28-24-11-7-5-9-20(22)24/h4-11,17-18,21,27-28H,3,12-16H2,1-2H3/t18-,21-/m1/s1. The summed E-state index contributed by atoms with van der Waals surface area (Å²) in [7, 11) is 0. The summed E-state index contributed by atoms with van der Waals surface area (Å²) in [5.74, 6) is 0.213. The van der Waals surface area contributed by atoms with E-state index < -0.39 is 0 Å². The van der Waals surface area contributed by atoms with Gasteiger partial charge in [0.05, 0.1) is 6.04 Å². The van der Waals surface area contributed by atoms with Crippen LogP contribution in [0, 0.1) is 0 Å². The molecular weight excluding hydrogens is 408 g/mol. The summed E-state index contributed by atoms with van der Waals surface area (Å²) in [5, 5.41) is 5.44. The molecule has 3 aromatic rings. The Hall–Kier alpha value is -2.34. The van der Waals surface area contributed by atoms with Gasteiger partial charge in [0.1, 0.15) is 0 Å². The van der Waals surface area contributed by atoms with Crippen LogP contribution in [-0.2, 0) is 4.79 Å². The third kappa shape index (κ3) is 4.79. The molecule has 1 aromatic heterocycles. The third-order valence-corrected chi connectivity index (χ3v) is 6.75. The number of fused-ring (bicyclic) bond motifs is 1. The Morgan fingerprint density at radius 1 is 1.06 bits per heavy atom. The molecule has 0 aliphatic carbocycles. The number of H-pyrrole nitrogens is 1. The second kappa shape index (κ2) is 9.86. The van der Waals surface area contributed by atoms with Gasteiger partial charge >= 0.3 is 0 Å². The summed E-state index contributed by atoms with van der Waals surface area (Å²) in [6.07, 6.45) is 2.07. The molecule has 31 heavy (non-hydrogen) atoms. The van der Waals surface area contributed by atoms with Crippen molar-refractivity contribution in [2.75, 3.05) is 39.3 Å². The van der Waals surface area contributed by atoms with Crippen LogP contribution in [0.15, 0.2) is 54.7 Å². The van der Waals surface area contributed by atoms with Gasteiger partial charge in [-0.3, -0.25) is 4.79 Å². The van der Waals surface area contributed by atoms with Gasteiger partial charge in [-0.2, -0.15) is 0 Å². The van der Waals surface area contributed by atoms with Gasteiger partial charge in [-0.1, -0.05) is 54.9 Å². The lowest BCUT2D eigenvalue weighted by molar-refractivity contribution is -0.134. The summed E-state index contributed by atoms with van der Waals surface area (Å²) in [6, 6.07) is 16.0. The lowest BCUT2D eigenvalue weighted by atomic mass is 9.90. The number of nitrogens with zero attached hydrogens (tertiary/aromatic N) is 2. The van der Waals surface area contributed by atoms with Crippen molar-refractivity contribution >= 4 is 28.4 Å². The Bertz CT molecular complexity index is 1030. The van der Waals surface area contributed by atoms with Gasteiger partial charge in [0.15, 0.2) is 0 Å². The Labute approximate surface area is 189 Å². The molecule has 2 aromatic carbocycles. The highest BCUT2D eigenvalue weighted by atomic mass is 35.5. The van der Waals surface area contributed by atoms with Crippen molar-refractivity contribution in [1.29, 1.82) is 0 Å². The molecule has 0 saturated carbocycles. The molecule has 2 atom stereocenters. The van der Waals surface area contributed by atoms with E-state index >= 15 is 0 Å². The number of aromatic nitrogens is 1. The minimum absolute atomic E-state index is 0.0389. The summed E-state index contributed by atoms with van der Waals surface area (Å²) >= 11 is 6.60. The molecule has 1 saturated heterocycles. The molecule has 1 fully saturated rings. The van der Waals surface area contributed by atoms with Crippen LogP contribution in [0.1, 0.15) is 30.9 Å². The molecular formula is C25H31ClN4O. The number of halogens is 1. The van der Waals surface area contributed by atoms with Crippen molar-refractivity contribution < 1.29 is 4.79 Å². The fourth-order valence-electron chi connectivity index (χ4n) is 4.47. The van der Waals surface area contributed by atoms with Gasteiger partial charge in [0.25, 0.3) is 0 Å². The second-order valence-corrected chi connectivity index (χ2v) is 8.66. The monoisotopic (exact) mass is 438 g/mol. The topological polar surface area (TPSA) is 51.4 Å². The molecule has 0 spiro atoms.